The van der Waals surface area contributed by atoms with E-state index in [2.05, 4.69) is 85.5 Å². The third kappa shape index (κ3) is 5.50. The molecular weight excluding hydrogens is 392 g/mol. The van der Waals surface area contributed by atoms with Crippen molar-refractivity contribution in [3.8, 4) is 34.5 Å². The summed E-state index contributed by atoms with van der Waals surface area (Å²) >= 11 is 0. The van der Waals surface area contributed by atoms with Crippen LogP contribution in [0.15, 0.2) is 84.9 Å². The Bertz CT molecular complexity index is 1230. The highest BCUT2D eigenvalue weighted by atomic mass is 16.5. The van der Waals surface area contributed by atoms with Crippen molar-refractivity contribution in [2.24, 2.45) is 0 Å². The molecule has 0 aliphatic rings. The van der Waals surface area contributed by atoms with Gasteiger partial charge in [-0.05, 0) is 83.8 Å². The summed E-state index contributed by atoms with van der Waals surface area (Å²) in [6, 6.07) is 29.1. The zero-order valence-corrected chi connectivity index (χ0v) is 18.7. The maximum absolute atomic E-state index is 5.81. The molecule has 0 heterocycles. The molecule has 32 heavy (non-hydrogen) atoms. The molecule has 0 radical (unpaired) electrons. The molecule has 2 heteroatoms. The van der Waals surface area contributed by atoms with Crippen LogP contribution in [0, 0.1) is 11.8 Å². The number of unbranched alkanes of at least 4 members (excludes halogenated alkanes) is 1. The van der Waals surface area contributed by atoms with E-state index >= 15 is 0 Å². The van der Waals surface area contributed by atoms with Gasteiger partial charge in [-0.25, -0.2) is 0 Å². The molecule has 0 amide bonds. The number of benzene rings is 4. The van der Waals surface area contributed by atoms with Crippen molar-refractivity contribution in [1.29, 1.82) is 0 Å². The number of hydrogen-bond acceptors (Lipinski definition) is 2. The molecular formula is C30H28O2. The lowest BCUT2D eigenvalue weighted by atomic mass is 10.0. The van der Waals surface area contributed by atoms with Crippen LogP contribution in [-0.4, -0.2) is 13.2 Å². The van der Waals surface area contributed by atoms with Crippen LogP contribution in [-0.2, 0) is 0 Å². The molecule has 0 bridgehead atoms. The van der Waals surface area contributed by atoms with Gasteiger partial charge >= 0.3 is 0 Å². The van der Waals surface area contributed by atoms with Gasteiger partial charge in [-0.15, -0.1) is 0 Å². The normalized spacial score (nSPS) is 10.4. The number of fused-ring (bicyclic) bond motifs is 1. The first kappa shape index (κ1) is 21.5. The van der Waals surface area contributed by atoms with Gasteiger partial charge in [0.1, 0.15) is 11.5 Å². The van der Waals surface area contributed by atoms with E-state index in [1.165, 1.54) is 21.9 Å². The number of rotatable bonds is 7. The molecule has 0 aliphatic carbocycles. The predicted octanol–water partition coefficient (Wildman–Crippen LogP) is 7.48. The Kier molecular flexibility index (Phi) is 7.10. The zero-order valence-electron chi connectivity index (χ0n) is 18.7. The SMILES string of the molecule is CCCCOc1ccc2cc(C#Cc3ccc(-c4ccc(OCC)cc4)cc3)ccc2c1. The van der Waals surface area contributed by atoms with Crippen molar-refractivity contribution in [3.63, 3.8) is 0 Å². The van der Waals surface area contributed by atoms with Gasteiger partial charge in [-0.2, -0.15) is 0 Å². The predicted molar refractivity (Wildman–Crippen MR) is 133 cm³/mol. The van der Waals surface area contributed by atoms with Crippen molar-refractivity contribution in [2.45, 2.75) is 26.7 Å². The van der Waals surface area contributed by atoms with Crippen molar-refractivity contribution >= 4 is 10.8 Å². The van der Waals surface area contributed by atoms with Crippen LogP contribution in [0.5, 0.6) is 11.5 Å². The van der Waals surface area contributed by atoms with E-state index in [1.54, 1.807) is 0 Å². The molecule has 0 saturated heterocycles. The molecule has 0 aliphatic heterocycles. The Labute approximate surface area is 190 Å². The average molecular weight is 421 g/mol. The van der Waals surface area contributed by atoms with Crippen molar-refractivity contribution in [3.05, 3.63) is 96.1 Å². The van der Waals surface area contributed by atoms with Crippen LogP contribution in [0.25, 0.3) is 21.9 Å². The minimum absolute atomic E-state index is 0.679. The second-order valence-corrected chi connectivity index (χ2v) is 7.71. The van der Waals surface area contributed by atoms with Crippen molar-refractivity contribution in [2.75, 3.05) is 13.2 Å². The van der Waals surface area contributed by atoms with Gasteiger partial charge in [0.15, 0.2) is 0 Å². The fourth-order valence-electron chi connectivity index (χ4n) is 3.53. The zero-order chi connectivity index (χ0) is 22.2. The summed E-state index contributed by atoms with van der Waals surface area (Å²) in [6.07, 6.45) is 2.22. The maximum atomic E-state index is 5.81. The summed E-state index contributed by atoms with van der Waals surface area (Å²) in [4.78, 5) is 0. The van der Waals surface area contributed by atoms with Gasteiger partial charge in [-0.3, -0.25) is 0 Å². The Morgan fingerprint density at radius 3 is 1.91 bits per heavy atom. The van der Waals surface area contributed by atoms with Crippen LogP contribution in [0.3, 0.4) is 0 Å². The smallest absolute Gasteiger partial charge is 0.119 e. The summed E-state index contributed by atoms with van der Waals surface area (Å²) < 4.78 is 11.3. The van der Waals surface area contributed by atoms with Crippen molar-refractivity contribution < 1.29 is 9.47 Å². The second kappa shape index (κ2) is 10.6. The molecule has 0 atom stereocenters. The minimum atomic E-state index is 0.679. The summed E-state index contributed by atoms with van der Waals surface area (Å²) in [5.41, 5.74) is 4.34. The standard InChI is InChI=1S/C30H28O2/c1-3-5-20-32-30-19-16-27-21-24(10-13-28(27)22-30)7-6-23-8-11-25(12-9-23)26-14-17-29(18-15-26)31-4-2/h8-19,21-22H,3-5,20H2,1-2H3. The maximum Gasteiger partial charge on any atom is 0.119 e. The average Bonchev–Trinajstić information content (AvgIpc) is 2.84. The summed E-state index contributed by atoms with van der Waals surface area (Å²) in [6.45, 7) is 5.61. The Morgan fingerprint density at radius 2 is 1.19 bits per heavy atom. The molecule has 160 valence electrons. The summed E-state index contributed by atoms with van der Waals surface area (Å²) in [5, 5.41) is 2.34. The van der Waals surface area contributed by atoms with E-state index in [-0.39, 0.29) is 0 Å². The third-order valence-electron chi connectivity index (χ3n) is 5.31. The Balaban J connectivity index is 1.45. The molecule has 0 fully saturated rings. The summed E-state index contributed by atoms with van der Waals surface area (Å²) in [7, 11) is 0. The molecule has 0 N–H and O–H groups in total. The first-order valence-corrected chi connectivity index (χ1v) is 11.3. The van der Waals surface area contributed by atoms with Crippen molar-refractivity contribution in [1.82, 2.24) is 0 Å². The lowest BCUT2D eigenvalue weighted by molar-refractivity contribution is 0.310. The highest BCUT2D eigenvalue weighted by Gasteiger charge is 2.00. The van der Waals surface area contributed by atoms with E-state index in [9.17, 15) is 0 Å². The van der Waals surface area contributed by atoms with Crippen LogP contribution in [0.1, 0.15) is 37.8 Å². The lowest BCUT2D eigenvalue weighted by Gasteiger charge is -2.07. The van der Waals surface area contributed by atoms with Gasteiger partial charge in [0.2, 0.25) is 0 Å². The molecule has 0 unspecified atom stereocenters. The minimum Gasteiger partial charge on any atom is -0.494 e. The van der Waals surface area contributed by atoms with E-state index in [0.717, 1.165) is 42.1 Å². The molecule has 4 rings (SSSR count). The highest BCUT2D eigenvalue weighted by molar-refractivity contribution is 5.85. The van der Waals surface area contributed by atoms with Gasteiger partial charge < -0.3 is 9.47 Å². The first-order chi connectivity index (χ1) is 15.7. The Hall–Kier alpha value is -3.70. The monoisotopic (exact) mass is 420 g/mol. The number of ether oxygens (including phenoxy) is 2. The number of hydrogen-bond donors (Lipinski definition) is 0. The molecule has 4 aromatic carbocycles. The molecule has 0 spiro atoms. The van der Waals surface area contributed by atoms with E-state index in [1.807, 2.05) is 25.1 Å². The first-order valence-electron chi connectivity index (χ1n) is 11.3. The largest absolute Gasteiger partial charge is 0.494 e. The molecule has 0 saturated carbocycles. The third-order valence-corrected chi connectivity index (χ3v) is 5.31. The molecule has 0 aromatic heterocycles. The molecule has 4 aromatic rings. The van der Waals surface area contributed by atoms with Gasteiger partial charge in [-0.1, -0.05) is 61.6 Å². The second-order valence-electron chi connectivity index (χ2n) is 7.71. The fraction of sp³-hybridized carbons (Fsp3) is 0.200. The van der Waals surface area contributed by atoms with Gasteiger partial charge in [0, 0.05) is 11.1 Å². The lowest BCUT2D eigenvalue weighted by Crippen LogP contribution is -1.96. The topological polar surface area (TPSA) is 18.5 Å². The quantitative estimate of drug-likeness (QED) is 0.228. The van der Waals surface area contributed by atoms with E-state index in [4.69, 9.17) is 9.47 Å². The summed E-state index contributed by atoms with van der Waals surface area (Å²) in [5.74, 6) is 8.40. The van der Waals surface area contributed by atoms with Gasteiger partial charge in [0.05, 0.1) is 13.2 Å². The highest BCUT2D eigenvalue weighted by Crippen LogP contribution is 2.24. The van der Waals surface area contributed by atoms with Crippen LogP contribution in [0.4, 0.5) is 0 Å². The van der Waals surface area contributed by atoms with Gasteiger partial charge in [0.25, 0.3) is 0 Å². The van der Waals surface area contributed by atoms with E-state index in [0.29, 0.717) is 6.61 Å². The molecule has 2 nitrogen and oxygen atoms in total. The fourth-order valence-corrected chi connectivity index (χ4v) is 3.53. The van der Waals surface area contributed by atoms with Crippen LogP contribution in [0.2, 0.25) is 0 Å². The van der Waals surface area contributed by atoms with E-state index < -0.39 is 0 Å². The van der Waals surface area contributed by atoms with Crippen LogP contribution >= 0.6 is 0 Å². The van der Waals surface area contributed by atoms with Crippen LogP contribution < -0.4 is 9.47 Å². The Morgan fingerprint density at radius 1 is 0.594 bits per heavy atom.